The number of aromatic nitrogens is 2. The van der Waals surface area contributed by atoms with Gasteiger partial charge in [-0.05, 0) is 31.5 Å². The number of hydrogen-bond donors (Lipinski definition) is 2. The first-order valence-corrected chi connectivity index (χ1v) is 4.42. The van der Waals surface area contributed by atoms with Crippen LogP contribution in [0.25, 0.3) is 11.0 Å². The quantitative estimate of drug-likeness (QED) is 0.530. The third-order valence-corrected chi connectivity index (χ3v) is 1.91. The number of imidazole rings is 1. The molecule has 0 unspecified atom stereocenters. The predicted octanol–water partition coefficient (Wildman–Crippen LogP) is 1.88. The van der Waals surface area contributed by atoms with E-state index in [9.17, 15) is 0 Å². The minimum Gasteiger partial charge on any atom is -0.387 e. The second-order valence-corrected chi connectivity index (χ2v) is 3.33. The van der Waals surface area contributed by atoms with Crippen LogP contribution in [-0.2, 0) is 0 Å². The Morgan fingerprint density at radius 3 is 3.00 bits per heavy atom. The van der Waals surface area contributed by atoms with Gasteiger partial charge in [-0.2, -0.15) is 0 Å². The normalized spacial score (nSPS) is 12.3. The van der Waals surface area contributed by atoms with Gasteiger partial charge in [0, 0.05) is 0 Å². The minimum absolute atomic E-state index is 0.501. The maximum absolute atomic E-state index is 5.47. The van der Waals surface area contributed by atoms with E-state index in [1.54, 1.807) is 6.92 Å². The van der Waals surface area contributed by atoms with Gasteiger partial charge in [0.25, 0.3) is 0 Å². The SMILES string of the molecule is CC(N)=Nc1nc2ccc(C)cc2[nH]1. The van der Waals surface area contributed by atoms with E-state index in [1.165, 1.54) is 5.56 Å². The number of nitrogens with two attached hydrogens (primary N) is 1. The number of aromatic amines is 1. The minimum atomic E-state index is 0.501. The molecule has 0 radical (unpaired) electrons. The molecular weight excluding hydrogens is 176 g/mol. The number of fused-ring (bicyclic) bond motifs is 1. The Labute approximate surface area is 81.9 Å². The zero-order valence-corrected chi connectivity index (χ0v) is 8.20. The van der Waals surface area contributed by atoms with E-state index in [0.717, 1.165) is 11.0 Å². The first kappa shape index (κ1) is 8.74. The Kier molecular flexibility index (Phi) is 1.96. The molecule has 4 heteroatoms. The summed E-state index contributed by atoms with van der Waals surface area (Å²) in [6.07, 6.45) is 0. The Morgan fingerprint density at radius 1 is 1.50 bits per heavy atom. The van der Waals surface area contributed by atoms with E-state index in [0.29, 0.717) is 11.8 Å². The van der Waals surface area contributed by atoms with Crippen molar-refractivity contribution in [2.75, 3.05) is 0 Å². The molecule has 72 valence electrons. The summed E-state index contributed by atoms with van der Waals surface area (Å²) in [5.74, 6) is 1.06. The lowest BCUT2D eigenvalue weighted by Gasteiger charge is -1.89. The van der Waals surface area contributed by atoms with Crippen molar-refractivity contribution in [2.45, 2.75) is 13.8 Å². The molecule has 0 saturated carbocycles. The van der Waals surface area contributed by atoms with Crippen LogP contribution in [0, 0.1) is 6.92 Å². The average molecular weight is 188 g/mol. The molecule has 2 rings (SSSR count). The summed E-state index contributed by atoms with van der Waals surface area (Å²) in [6.45, 7) is 3.77. The third-order valence-electron chi connectivity index (χ3n) is 1.91. The molecule has 0 amide bonds. The molecular formula is C10H12N4. The van der Waals surface area contributed by atoms with Crippen LogP contribution in [0.3, 0.4) is 0 Å². The summed E-state index contributed by atoms with van der Waals surface area (Å²) in [5, 5.41) is 0. The van der Waals surface area contributed by atoms with Gasteiger partial charge in [-0.15, -0.1) is 0 Å². The van der Waals surface area contributed by atoms with Crippen molar-refractivity contribution in [3.63, 3.8) is 0 Å². The largest absolute Gasteiger partial charge is 0.387 e. The summed E-state index contributed by atoms with van der Waals surface area (Å²) in [4.78, 5) is 11.4. The van der Waals surface area contributed by atoms with E-state index >= 15 is 0 Å². The number of rotatable bonds is 1. The van der Waals surface area contributed by atoms with Crippen molar-refractivity contribution in [3.05, 3.63) is 23.8 Å². The molecule has 0 aliphatic carbocycles. The summed E-state index contributed by atoms with van der Waals surface area (Å²) in [6, 6.07) is 6.02. The van der Waals surface area contributed by atoms with Crippen molar-refractivity contribution in [1.29, 1.82) is 0 Å². The summed E-state index contributed by atoms with van der Waals surface area (Å²) in [7, 11) is 0. The highest BCUT2D eigenvalue weighted by Crippen LogP contribution is 2.17. The molecule has 3 N–H and O–H groups in total. The number of nitrogens with zero attached hydrogens (tertiary/aromatic N) is 2. The molecule has 0 fully saturated rings. The lowest BCUT2D eigenvalue weighted by Crippen LogP contribution is -2.03. The number of amidine groups is 1. The van der Waals surface area contributed by atoms with Crippen LogP contribution in [0.15, 0.2) is 23.2 Å². The molecule has 1 aromatic carbocycles. The first-order valence-electron chi connectivity index (χ1n) is 4.42. The second-order valence-electron chi connectivity index (χ2n) is 3.33. The fourth-order valence-electron chi connectivity index (χ4n) is 1.33. The fourth-order valence-corrected chi connectivity index (χ4v) is 1.33. The zero-order valence-electron chi connectivity index (χ0n) is 8.20. The molecule has 0 aliphatic rings. The number of nitrogens with one attached hydrogen (secondary N) is 1. The van der Waals surface area contributed by atoms with Gasteiger partial charge in [0.2, 0.25) is 5.95 Å². The second kappa shape index (κ2) is 3.14. The summed E-state index contributed by atoms with van der Waals surface area (Å²) in [5.41, 5.74) is 8.57. The van der Waals surface area contributed by atoms with Crippen LogP contribution in [0.5, 0.6) is 0 Å². The lowest BCUT2D eigenvalue weighted by molar-refractivity contribution is 1.25. The first-order chi connectivity index (χ1) is 6.65. The molecule has 14 heavy (non-hydrogen) atoms. The third kappa shape index (κ3) is 1.59. The van der Waals surface area contributed by atoms with E-state index < -0.39 is 0 Å². The van der Waals surface area contributed by atoms with Gasteiger partial charge in [-0.3, -0.25) is 0 Å². The van der Waals surface area contributed by atoms with Gasteiger partial charge >= 0.3 is 0 Å². The van der Waals surface area contributed by atoms with Gasteiger partial charge in [0.1, 0.15) is 0 Å². The molecule has 0 spiro atoms. The summed E-state index contributed by atoms with van der Waals surface area (Å²) < 4.78 is 0. The van der Waals surface area contributed by atoms with Crippen molar-refractivity contribution in [1.82, 2.24) is 9.97 Å². The van der Waals surface area contributed by atoms with Crippen molar-refractivity contribution < 1.29 is 0 Å². The van der Waals surface area contributed by atoms with Gasteiger partial charge in [-0.1, -0.05) is 6.07 Å². The highest BCUT2D eigenvalue weighted by Gasteiger charge is 2.00. The molecule has 4 nitrogen and oxygen atoms in total. The standard InChI is InChI=1S/C10H12N4/c1-6-3-4-8-9(5-6)14-10(13-8)12-7(2)11/h3-5H,1-2H3,(H3,11,12,13,14). The molecule has 0 aliphatic heterocycles. The Hall–Kier alpha value is -1.84. The van der Waals surface area contributed by atoms with Crippen LogP contribution in [0.4, 0.5) is 5.95 Å². The van der Waals surface area contributed by atoms with E-state index in [-0.39, 0.29) is 0 Å². The average Bonchev–Trinajstić information content (AvgIpc) is 2.44. The van der Waals surface area contributed by atoms with Crippen LogP contribution >= 0.6 is 0 Å². The van der Waals surface area contributed by atoms with Crippen LogP contribution < -0.4 is 5.73 Å². The fraction of sp³-hybridized carbons (Fsp3) is 0.200. The number of hydrogen-bond acceptors (Lipinski definition) is 2. The van der Waals surface area contributed by atoms with Gasteiger partial charge in [0.05, 0.1) is 16.9 Å². The Bertz CT molecular complexity index is 492. The summed E-state index contributed by atoms with van der Waals surface area (Å²) >= 11 is 0. The molecule has 0 saturated heterocycles. The highest BCUT2D eigenvalue weighted by atomic mass is 15.1. The van der Waals surface area contributed by atoms with Crippen molar-refractivity contribution in [3.8, 4) is 0 Å². The lowest BCUT2D eigenvalue weighted by atomic mass is 10.2. The van der Waals surface area contributed by atoms with E-state index in [2.05, 4.69) is 15.0 Å². The van der Waals surface area contributed by atoms with E-state index in [4.69, 9.17) is 5.73 Å². The highest BCUT2D eigenvalue weighted by molar-refractivity contribution is 5.82. The number of aryl methyl sites for hydroxylation is 1. The van der Waals surface area contributed by atoms with Gasteiger partial charge in [0.15, 0.2) is 0 Å². The Balaban J connectivity index is 2.57. The molecule has 1 heterocycles. The molecule has 0 bridgehead atoms. The topological polar surface area (TPSA) is 67.1 Å². The predicted molar refractivity (Wildman–Crippen MR) is 57.8 cm³/mol. The smallest absolute Gasteiger partial charge is 0.229 e. The van der Waals surface area contributed by atoms with Gasteiger partial charge < -0.3 is 10.7 Å². The van der Waals surface area contributed by atoms with Gasteiger partial charge in [-0.25, -0.2) is 9.98 Å². The molecule has 1 aromatic heterocycles. The van der Waals surface area contributed by atoms with E-state index in [1.807, 2.05) is 25.1 Å². The monoisotopic (exact) mass is 188 g/mol. The molecule has 0 atom stereocenters. The van der Waals surface area contributed by atoms with Crippen molar-refractivity contribution >= 4 is 22.8 Å². The maximum atomic E-state index is 5.47. The number of benzene rings is 1. The van der Waals surface area contributed by atoms with Crippen LogP contribution in [0.2, 0.25) is 0 Å². The van der Waals surface area contributed by atoms with Crippen LogP contribution in [0.1, 0.15) is 12.5 Å². The Morgan fingerprint density at radius 2 is 2.29 bits per heavy atom. The zero-order chi connectivity index (χ0) is 10.1. The maximum Gasteiger partial charge on any atom is 0.229 e. The van der Waals surface area contributed by atoms with Crippen LogP contribution in [-0.4, -0.2) is 15.8 Å². The molecule has 2 aromatic rings. The van der Waals surface area contributed by atoms with Crippen molar-refractivity contribution in [2.24, 2.45) is 10.7 Å². The number of H-pyrrole nitrogens is 1. The number of aliphatic imine (C=N–C) groups is 1.